The number of hydrogen-bond acceptors (Lipinski definition) is 3. The average Bonchev–Trinajstić information content (AvgIpc) is 2.66. The topological polar surface area (TPSA) is 49.7 Å². The Morgan fingerprint density at radius 3 is 2.04 bits per heavy atom. The Hall–Kier alpha value is -1.62. The average molecular weight is 359 g/mol. The van der Waals surface area contributed by atoms with Crippen molar-refractivity contribution in [2.45, 2.75) is 45.1 Å². The predicted octanol–water partition coefficient (Wildman–Crippen LogP) is 4.04. The second-order valence-corrected chi connectivity index (χ2v) is 10.8. The molecule has 0 aromatic heterocycles. The van der Waals surface area contributed by atoms with Crippen LogP contribution in [0.25, 0.3) is 0 Å². The van der Waals surface area contributed by atoms with Crippen LogP contribution in [0.2, 0.25) is 6.55 Å². The van der Waals surface area contributed by atoms with E-state index in [2.05, 4.69) is 38.1 Å². The van der Waals surface area contributed by atoms with Crippen LogP contribution in [0, 0.1) is 0 Å². The van der Waals surface area contributed by atoms with Gasteiger partial charge in [-0.3, -0.25) is 0 Å². The fraction of sp³-hybridized carbons (Fsp3) is 0.429. The molecule has 3 atom stereocenters. The van der Waals surface area contributed by atoms with Gasteiger partial charge in [-0.25, -0.2) is 0 Å². The van der Waals surface area contributed by atoms with Crippen LogP contribution in [0.15, 0.2) is 48.5 Å². The van der Waals surface area contributed by atoms with Crippen molar-refractivity contribution in [2.24, 2.45) is 0 Å². The van der Waals surface area contributed by atoms with E-state index in [-0.39, 0.29) is 6.23 Å². The first-order valence-electron chi connectivity index (χ1n) is 8.99. The van der Waals surface area contributed by atoms with Gasteiger partial charge >= 0.3 is 0 Å². The standard InChI is InChI=1S/C21H30O3Si/c1-5-17(19-6-10-20(23)11-7-19)14-16(2)18-8-12-21(13-9-18)25(4,15-22)24-3/h6-13,16-17,22-23H,5,14-15H2,1-4H3. The molecule has 2 aromatic rings. The van der Waals surface area contributed by atoms with E-state index in [4.69, 9.17) is 4.43 Å². The molecule has 2 N–H and O–H groups in total. The maximum absolute atomic E-state index is 9.63. The lowest BCUT2D eigenvalue weighted by atomic mass is 9.84. The number of rotatable bonds is 8. The predicted molar refractivity (Wildman–Crippen MR) is 106 cm³/mol. The molecule has 2 rings (SSSR count). The zero-order valence-electron chi connectivity index (χ0n) is 15.7. The SMILES string of the molecule is CCC(CC(C)c1ccc([Si](C)(CO)OC)cc1)c1ccc(O)cc1. The van der Waals surface area contributed by atoms with Gasteiger partial charge < -0.3 is 14.6 Å². The summed E-state index contributed by atoms with van der Waals surface area (Å²) < 4.78 is 5.59. The third-order valence-electron chi connectivity index (χ3n) is 5.34. The van der Waals surface area contributed by atoms with Gasteiger partial charge in [0.25, 0.3) is 0 Å². The zero-order valence-corrected chi connectivity index (χ0v) is 16.7. The lowest BCUT2D eigenvalue weighted by Gasteiger charge is -2.24. The summed E-state index contributed by atoms with van der Waals surface area (Å²) in [4.78, 5) is 0. The van der Waals surface area contributed by atoms with Crippen molar-refractivity contribution in [3.8, 4) is 5.75 Å². The quantitative estimate of drug-likeness (QED) is 0.700. The van der Waals surface area contributed by atoms with Gasteiger partial charge in [0.1, 0.15) is 5.75 Å². The summed E-state index contributed by atoms with van der Waals surface area (Å²) in [7, 11) is -0.513. The van der Waals surface area contributed by atoms with Gasteiger partial charge in [0, 0.05) is 7.11 Å². The molecule has 0 saturated carbocycles. The summed E-state index contributed by atoms with van der Waals surface area (Å²) in [6.45, 7) is 6.50. The van der Waals surface area contributed by atoms with Gasteiger partial charge in [-0.05, 0) is 59.7 Å². The van der Waals surface area contributed by atoms with Gasteiger partial charge in [0.15, 0.2) is 0 Å². The molecular weight excluding hydrogens is 328 g/mol. The fourth-order valence-corrected chi connectivity index (χ4v) is 4.70. The van der Waals surface area contributed by atoms with E-state index >= 15 is 0 Å². The molecule has 0 radical (unpaired) electrons. The summed E-state index contributed by atoms with van der Waals surface area (Å²) in [5.74, 6) is 1.24. The second-order valence-electron chi connectivity index (χ2n) is 7.05. The normalized spacial score (nSPS) is 16.2. The maximum atomic E-state index is 9.63. The highest BCUT2D eigenvalue weighted by Crippen LogP contribution is 2.32. The molecular formula is C21H30O3Si. The number of benzene rings is 2. The van der Waals surface area contributed by atoms with Crippen LogP contribution in [0.5, 0.6) is 5.75 Å². The van der Waals surface area contributed by atoms with Crippen LogP contribution in [0.1, 0.15) is 49.7 Å². The van der Waals surface area contributed by atoms with E-state index in [1.807, 2.05) is 18.7 Å². The lowest BCUT2D eigenvalue weighted by Crippen LogP contribution is -2.51. The molecule has 0 bridgehead atoms. The Morgan fingerprint density at radius 2 is 1.56 bits per heavy atom. The van der Waals surface area contributed by atoms with Crippen molar-refractivity contribution >= 4 is 13.5 Å². The van der Waals surface area contributed by atoms with Crippen LogP contribution >= 0.6 is 0 Å². The maximum Gasteiger partial charge on any atom is 0.245 e. The van der Waals surface area contributed by atoms with E-state index in [9.17, 15) is 10.2 Å². The van der Waals surface area contributed by atoms with Crippen LogP contribution in [0.3, 0.4) is 0 Å². The minimum atomic E-state index is -2.20. The van der Waals surface area contributed by atoms with Crippen molar-refractivity contribution in [2.75, 3.05) is 13.3 Å². The summed E-state index contributed by atoms with van der Waals surface area (Å²) in [5.41, 5.74) is 2.59. The molecule has 0 aliphatic carbocycles. The first-order valence-corrected chi connectivity index (χ1v) is 11.6. The third-order valence-corrected chi connectivity index (χ3v) is 8.40. The molecule has 0 spiro atoms. The van der Waals surface area contributed by atoms with E-state index in [0.717, 1.165) is 18.0 Å². The zero-order chi connectivity index (χ0) is 18.4. The molecule has 3 nitrogen and oxygen atoms in total. The van der Waals surface area contributed by atoms with Crippen molar-refractivity contribution in [1.82, 2.24) is 0 Å². The number of aliphatic hydroxyl groups excluding tert-OH is 1. The minimum absolute atomic E-state index is 0.0944. The minimum Gasteiger partial charge on any atom is -0.508 e. The Morgan fingerprint density at radius 1 is 1.00 bits per heavy atom. The monoisotopic (exact) mass is 358 g/mol. The molecule has 2 aromatic carbocycles. The van der Waals surface area contributed by atoms with E-state index in [0.29, 0.717) is 17.6 Å². The molecule has 136 valence electrons. The summed E-state index contributed by atoms with van der Waals surface area (Å²) in [6.07, 6.45) is 2.24. The van der Waals surface area contributed by atoms with Crippen LogP contribution in [-0.2, 0) is 4.43 Å². The highest BCUT2D eigenvalue weighted by atomic mass is 28.4. The lowest BCUT2D eigenvalue weighted by molar-refractivity contribution is 0.309. The molecule has 0 amide bonds. The number of hydrogen-bond donors (Lipinski definition) is 2. The van der Waals surface area contributed by atoms with Crippen LogP contribution < -0.4 is 5.19 Å². The number of phenols is 1. The molecule has 25 heavy (non-hydrogen) atoms. The van der Waals surface area contributed by atoms with E-state index < -0.39 is 8.32 Å². The van der Waals surface area contributed by atoms with Crippen molar-refractivity contribution in [1.29, 1.82) is 0 Å². The molecule has 0 saturated heterocycles. The second kappa shape index (κ2) is 8.65. The molecule has 0 aliphatic heterocycles. The van der Waals surface area contributed by atoms with E-state index in [1.54, 1.807) is 19.2 Å². The molecule has 0 heterocycles. The number of aliphatic hydroxyl groups is 1. The summed E-state index contributed by atoms with van der Waals surface area (Å²) in [5, 5.41) is 20.2. The van der Waals surface area contributed by atoms with Gasteiger partial charge in [-0.15, -0.1) is 0 Å². The molecule has 3 unspecified atom stereocenters. The highest BCUT2D eigenvalue weighted by molar-refractivity contribution is 6.85. The van der Waals surface area contributed by atoms with Crippen molar-refractivity contribution in [3.05, 3.63) is 59.7 Å². The van der Waals surface area contributed by atoms with Crippen molar-refractivity contribution in [3.63, 3.8) is 0 Å². The fourth-order valence-electron chi connectivity index (χ4n) is 3.29. The Labute approximate surface area is 152 Å². The summed E-state index contributed by atoms with van der Waals surface area (Å²) >= 11 is 0. The van der Waals surface area contributed by atoms with Gasteiger partial charge in [0.05, 0.1) is 6.23 Å². The highest BCUT2D eigenvalue weighted by Gasteiger charge is 2.29. The van der Waals surface area contributed by atoms with Gasteiger partial charge in [-0.2, -0.15) is 0 Å². The van der Waals surface area contributed by atoms with Crippen LogP contribution in [-0.4, -0.2) is 31.9 Å². The smallest absolute Gasteiger partial charge is 0.245 e. The first-order chi connectivity index (χ1) is 11.9. The van der Waals surface area contributed by atoms with Crippen molar-refractivity contribution < 1.29 is 14.6 Å². The van der Waals surface area contributed by atoms with Crippen LogP contribution in [0.4, 0.5) is 0 Å². The molecule has 0 aliphatic rings. The Bertz CT molecular complexity index is 648. The van der Waals surface area contributed by atoms with Gasteiger partial charge in [0.2, 0.25) is 8.32 Å². The van der Waals surface area contributed by atoms with Gasteiger partial charge in [-0.1, -0.05) is 50.2 Å². The molecule has 4 heteroatoms. The summed E-state index contributed by atoms with van der Waals surface area (Å²) in [6, 6.07) is 16.1. The molecule has 0 fully saturated rings. The Balaban J connectivity index is 2.11. The first kappa shape index (κ1) is 19.7. The number of phenolic OH excluding ortho intramolecular Hbond substituents is 1. The third kappa shape index (κ3) is 4.72. The largest absolute Gasteiger partial charge is 0.508 e. The Kier molecular flexibility index (Phi) is 6.82. The van der Waals surface area contributed by atoms with E-state index in [1.165, 1.54) is 11.1 Å². The number of aromatic hydroxyl groups is 1.